The number of hydrogen-bond donors (Lipinski definition) is 1. The van der Waals surface area contributed by atoms with E-state index in [4.69, 9.17) is 11.6 Å². The summed E-state index contributed by atoms with van der Waals surface area (Å²) in [5.41, 5.74) is 1.16. The van der Waals surface area contributed by atoms with Gasteiger partial charge in [-0.15, -0.1) is 0 Å². The molecule has 1 fully saturated rings. The van der Waals surface area contributed by atoms with Crippen LogP contribution < -0.4 is 4.90 Å². The number of carbonyl (C=O) groups is 1. The summed E-state index contributed by atoms with van der Waals surface area (Å²) >= 11 is 6.19. The van der Waals surface area contributed by atoms with Gasteiger partial charge in [-0.1, -0.05) is 31.5 Å². The van der Waals surface area contributed by atoms with Gasteiger partial charge in [-0.2, -0.15) is 0 Å². The van der Waals surface area contributed by atoms with Crippen molar-refractivity contribution in [1.82, 2.24) is 0 Å². The molecule has 0 saturated carbocycles. The van der Waals surface area contributed by atoms with Gasteiger partial charge in [0.05, 0.1) is 16.3 Å². The lowest BCUT2D eigenvalue weighted by Crippen LogP contribution is -2.40. The Labute approximate surface area is 112 Å². The van der Waals surface area contributed by atoms with Crippen LogP contribution in [-0.4, -0.2) is 24.2 Å². The smallest absolute Gasteiger partial charge is 0.337 e. The molecule has 1 saturated heterocycles. The first-order valence-electron chi connectivity index (χ1n) is 6.17. The number of aromatic carboxylic acids is 1. The molecule has 1 heterocycles. The lowest BCUT2D eigenvalue weighted by molar-refractivity contribution is 0.0697. The molecule has 1 N–H and O–H groups in total. The number of hydrogen-bond acceptors (Lipinski definition) is 2. The number of piperidine rings is 1. The summed E-state index contributed by atoms with van der Waals surface area (Å²) in [6.07, 6.45) is 2.23. The lowest BCUT2D eigenvalue weighted by Gasteiger charge is -2.40. The van der Waals surface area contributed by atoms with Gasteiger partial charge in [0, 0.05) is 13.1 Å². The summed E-state index contributed by atoms with van der Waals surface area (Å²) in [5.74, 6) is -0.920. The van der Waals surface area contributed by atoms with E-state index in [2.05, 4.69) is 18.7 Å². The van der Waals surface area contributed by atoms with E-state index in [0.29, 0.717) is 16.3 Å². The number of nitrogens with zero attached hydrogens (tertiary/aromatic N) is 1. The summed E-state index contributed by atoms with van der Waals surface area (Å²) in [6, 6.07) is 5.06. The summed E-state index contributed by atoms with van der Waals surface area (Å²) in [4.78, 5) is 13.4. The van der Waals surface area contributed by atoms with Crippen LogP contribution in [0.5, 0.6) is 0 Å². The summed E-state index contributed by atoms with van der Waals surface area (Å²) in [7, 11) is 0. The Balaban J connectivity index is 2.41. The van der Waals surface area contributed by atoms with E-state index < -0.39 is 5.97 Å². The Morgan fingerprint density at radius 1 is 1.44 bits per heavy atom. The fourth-order valence-electron chi connectivity index (χ4n) is 2.62. The molecule has 0 bridgehead atoms. The summed E-state index contributed by atoms with van der Waals surface area (Å²) in [6.45, 7) is 6.12. The molecule has 1 aromatic carbocycles. The molecule has 2 rings (SSSR count). The van der Waals surface area contributed by atoms with Crippen LogP contribution in [0.1, 0.15) is 37.0 Å². The van der Waals surface area contributed by atoms with Gasteiger partial charge in [0.1, 0.15) is 0 Å². The van der Waals surface area contributed by atoms with Crippen molar-refractivity contribution in [3.05, 3.63) is 28.8 Å². The van der Waals surface area contributed by atoms with E-state index in [1.165, 1.54) is 0 Å². The largest absolute Gasteiger partial charge is 0.478 e. The van der Waals surface area contributed by atoms with Crippen molar-refractivity contribution in [3.63, 3.8) is 0 Å². The average molecular weight is 268 g/mol. The maximum absolute atomic E-state index is 11.3. The van der Waals surface area contributed by atoms with Gasteiger partial charge in [-0.3, -0.25) is 0 Å². The Morgan fingerprint density at radius 3 is 2.78 bits per heavy atom. The predicted molar refractivity (Wildman–Crippen MR) is 73.6 cm³/mol. The van der Waals surface area contributed by atoms with Crippen LogP contribution in [0, 0.1) is 5.41 Å². The molecule has 0 radical (unpaired) electrons. The molecular formula is C14H18ClNO2. The van der Waals surface area contributed by atoms with Crippen molar-refractivity contribution >= 4 is 23.3 Å². The quantitative estimate of drug-likeness (QED) is 0.889. The Kier molecular flexibility index (Phi) is 3.53. The van der Waals surface area contributed by atoms with E-state index in [9.17, 15) is 9.90 Å². The van der Waals surface area contributed by atoms with Crippen LogP contribution in [0.15, 0.2) is 18.2 Å². The molecule has 0 amide bonds. The molecule has 1 aliphatic rings. The minimum absolute atomic E-state index is 0.202. The third-order valence-corrected chi connectivity index (χ3v) is 3.74. The zero-order chi connectivity index (χ0) is 13.3. The number of carboxylic acid groups (broad SMARTS) is 1. The van der Waals surface area contributed by atoms with Gasteiger partial charge >= 0.3 is 5.97 Å². The van der Waals surface area contributed by atoms with Gasteiger partial charge < -0.3 is 10.0 Å². The van der Waals surface area contributed by atoms with Crippen molar-refractivity contribution in [3.8, 4) is 0 Å². The number of anilines is 1. The monoisotopic (exact) mass is 267 g/mol. The Hall–Kier alpha value is -1.22. The SMILES string of the molecule is CC1(C)CCCN(c2c(Cl)cccc2C(=O)O)C1. The zero-order valence-corrected chi connectivity index (χ0v) is 11.5. The molecule has 0 aromatic heterocycles. The fourth-order valence-corrected chi connectivity index (χ4v) is 2.92. The molecule has 0 unspecified atom stereocenters. The highest BCUT2D eigenvalue weighted by Gasteiger charge is 2.29. The topological polar surface area (TPSA) is 40.5 Å². The maximum Gasteiger partial charge on any atom is 0.337 e. The van der Waals surface area contributed by atoms with Crippen LogP contribution in [0.3, 0.4) is 0 Å². The average Bonchev–Trinajstić information content (AvgIpc) is 2.27. The minimum atomic E-state index is -0.920. The van der Waals surface area contributed by atoms with E-state index in [1.54, 1.807) is 18.2 Å². The number of carboxylic acids is 1. The van der Waals surface area contributed by atoms with Crippen LogP contribution in [0.4, 0.5) is 5.69 Å². The molecule has 1 aliphatic heterocycles. The fraction of sp³-hybridized carbons (Fsp3) is 0.500. The first kappa shape index (κ1) is 13.2. The maximum atomic E-state index is 11.3. The first-order valence-corrected chi connectivity index (χ1v) is 6.55. The second-order valence-corrected chi connectivity index (χ2v) is 6.04. The molecule has 0 atom stereocenters. The molecule has 0 aliphatic carbocycles. The molecule has 4 heteroatoms. The van der Waals surface area contributed by atoms with Crippen molar-refractivity contribution in [2.45, 2.75) is 26.7 Å². The van der Waals surface area contributed by atoms with E-state index >= 15 is 0 Å². The molecule has 3 nitrogen and oxygen atoms in total. The molecule has 1 aromatic rings. The van der Waals surface area contributed by atoms with E-state index in [1.807, 2.05) is 0 Å². The van der Waals surface area contributed by atoms with Crippen molar-refractivity contribution < 1.29 is 9.90 Å². The normalized spacial score (nSPS) is 18.7. The Morgan fingerprint density at radius 2 is 2.17 bits per heavy atom. The highest BCUT2D eigenvalue weighted by atomic mass is 35.5. The van der Waals surface area contributed by atoms with Crippen LogP contribution in [-0.2, 0) is 0 Å². The van der Waals surface area contributed by atoms with Crippen molar-refractivity contribution in [2.75, 3.05) is 18.0 Å². The number of rotatable bonds is 2. The summed E-state index contributed by atoms with van der Waals surface area (Å²) < 4.78 is 0. The minimum Gasteiger partial charge on any atom is -0.478 e. The second kappa shape index (κ2) is 4.81. The Bertz CT molecular complexity index is 471. The number of benzene rings is 1. The van der Waals surface area contributed by atoms with Crippen molar-refractivity contribution in [2.24, 2.45) is 5.41 Å². The van der Waals surface area contributed by atoms with Gasteiger partial charge in [-0.25, -0.2) is 4.79 Å². The second-order valence-electron chi connectivity index (χ2n) is 5.63. The predicted octanol–water partition coefficient (Wildman–Crippen LogP) is 3.66. The highest BCUT2D eigenvalue weighted by molar-refractivity contribution is 6.34. The third kappa shape index (κ3) is 2.61. The van der Waals surface area contributed by atoms with Gasteiger partial charge in [-0.05, 0) is 30.4 Å². The van der Waals surface area contributed by atoms with E-state index in [0.717, 1.165) is 25.9 Å². The molecule has 0 spiro atoms. The molecular weight excluding hydrogens is 250 g/mol. The third-order valence-electron chi connectivity index (χ3n) is 3.43. The zero-order valence-electron chi connectivity index (χ0n) is 10.7. The standard InChI is InChI=1S/C14H18ClNO2/c1-14(2)7-4-8-16(9-14)12-10(13(17)18)5-3-6-11(12)15/h3,5-6H,4,7-9H2,1-2H3,(H,17,18). The number of halogens is 1. The van der Waals surface area contributed by atoms with Crippen LogP contribution >= 0.6 is 11.6 Å². The van der Waals surface area contributed by atoms with E-state index in [-0.39, 0.29) is 5.41 Å². The highest BCUT2D eigenvalue weighted by Crippen LogP contribution is 2.36. The first-order chi connectivity index (χ1) is 8.41. The lowest BCUT2D eigenvalue weighted by atomic mass is 9.84. The van der Waals surface area contributed by atoms with Crippen molar-refractivity contribution in [1.29, 1.82) is 0 Å². The van der Waals surface area contributed by atoms with Gasteiger partial charge in [0.15, 0.2) is 0 Å². The summed E-state index contributed by atoms with van der Waals surface area (Å²) in [5, 5.41) is 9.79. The van der Waals surface area contributed by atoms with Gasteiger partial charge in [0.2, 0.25) is 0 Å². The van der Waals surface area contributed by atoms with Gasteiger partial charge in [0.25, 0.3) is 0 Å². The molecule has 98 valence electrons. The van der Waals surface area contributed by atoms with Crippen LogP contribution in [0.25, 0.3) is 0 Å². The molecule has 18 heavy (non-hydrogen) atoms. The van der Waals surface area contributed by atoms with Crippen LogP contribution in [0.2, 0.25) is 5.02 Å². The number of para-hydroxylation sites is 1.